The second-order valence-corrected chi connectivity index (χ2v) is 5.61. The van der Waals surface area contributed by atoms with Crippen molar-refractivity contribution >= 4 is 15.9 Å². The molecule has 1 saturated carbocycles. The number of ether oxygens (including phenoxy) is 1. The maximum Gasteiger partial charge on any atom is 0.123 e. The Balaban J connectivity index is 2.31. The Morgan fingerprint density at radius 2 is 2.06 bits per heavy atom. The monoisotopic (exact) mass is 297 g/mol. The highest BCUT2D eigenvalue weighted by atomic mass is 79.9. The van der Waals surface area contributed by atoms with E-state index in [1.54, 1.807) is 7.11 Å². The fourth-order valence-corrected chi connectivity index (χ4v) is 3.26. The first-order chi connectivity index (χ1) is 8.26. The molecule has 1 fully saturated rings. The Morgan fingerprint density at radius 1 is 1.35 bits per heavy atom. The molecule has 17 heavy (non-hydrogen) atoms. The van der Waals surface area contributed by atoms with Gasteiger partial charge < -0.3 is 10.1 Å². The molecule has 1 aliphatic rings. The molecule has 1 N–H and O–H groups in total. The predicted octanol–water partition coefficient (Wildman–Crippen LogP) is 3.91. The van der Waals surface area contributed by atoms with E-state index in [2.05, 4.69) is 27.3 Å². The van der Waals surface area contributed by atoms with Crippen LogP contribution >= 0.6 is 15.9 Å². The van der Waals surface area contributed by atoms with E-state index in [4.69, 9.17) is 4.74 Å². The van der Waals surface area contributed by atoms with E-state index in [9.17, 15) is 0 Å². The van der Waals surface area contributed by atoms with E-state index < -0.39 is 0 Å². The molecule has 1 aromatic carbocycles. The summed E-state index contributed by atoms with van der Waals surface area (Å²) in [5.74, 6) is 1.72. The van der Waals surface area contributed by atoms with Gasteiger partial charge in [-0.15, -0.1) is 0 Å². The van der Waals surface area contributed by atoms with E-state index in [0.29, 0.717) is 6.04 Å². The van der Waals surface area contributed by atoms with Gasteiger partial charge in [0.25, 0.3) is 0 Å². The molecule has 1 aliphatic carbocycles. The lowest BCUT2D eigenvalue weighted by molar-refractivity contribution is 0.359. The summed E-state index contributed by atoms with van der Waals surface area (Å²) in [7, 11) is 3.79. The van der Waals surface area contributed by atoms with Crippen molar-refractivity contribution in [2.24, 2.45) is 5.92 Å². The molecule has 1 atom stereocenters. The third kappa shape index (κ3) is 2.83. The van der Waals surface area contributed by atoms with E-state index in [-0.39, 0.29) is 0 Å². The smallest absolute Gasteiger partial charge is 0.123 e. The van der Waals surface area contributed by atoms with Gasteiger partial charge in [-0.3, -0.25) is 0 Å². The van der Waals surface area contributed by atoms with Gasteiger partial charge in [-0.2, -0.15) is 0 Å². The van der Waals surface area contributed by atoms with Gasteiger partial charge in [-0.05, 0) is 44.0 Å². The summed E-state index contributed by atoms with van der Waals surface area (Å²) >= 11 is 3.55. The summed E-state index contributed by atoms with van der Waals surface area (Å²) in [4.78, 5) is 0. The molecule has 0 amide bonds. The van der Waals surface area contributed by atoms with Crippen LogP contribution in [-0.4, -0.2) is 14.2 Å². The van der Waals surface area contributed by atoms with Crippen LogP contribution in [0, 0.1) is 5.92 Å². The molecule has 0 aliphatic heterocycles. The Hall–Kier alpha value is -0.540. The Kier molecular flexibility index (Phi) is 4.46. The van der Waals surface area contributed by atoms with E-state index in [1.807, 2.05) is 19.2 Å². The molecule has 0 radical (unpaired) electrons. The number of rotatable bonds is 4. The zero-order valence-corrected chi connectivity index (χ0v) is 12.1. The van der Waals surface area contributed by atoms with Gasteiger partial charge in [0.15, 0.2) is 0 Å². The molecule has 0 saturated heterocycles. The van der Waals surface area contributed by atoms with Crippen molar-refractivity contribution in [3.05, 3.63) is 28.2 Å². The molecule has 1 aromatic rings. The lowest BCUT2D eigenvalue weighted by atomic mass is 9.91. The number of hydrogen-bond acceptors (Lipinski definition) is 2. The minimum absolute atomic E-state index is 0.407. The molecule has 2 rings (SSSR count). The third-order valence-electron chi connectivity index (χ3n) is 3.71. The normalized spacial score (nSPS) is 18.3. The quantitative estimate of drug-likeness (QED) is 0.910. The van der Waals surface area contributed by atoms with Crippen molar-refractivity contribution in [2.75, 3.05) is 14.2 Å². The van der Waals surface area contributed by atoms with E-state index >= 15 is 0 Å². The van der Waals surface area contributed by atoms with Crippen LogP contribution in [0.1, 0.15) is 37.3 Å². The van der Waals surface area contributed by atoms with Crippen LogP contribution in [0.4, 0.5) is 0 Å². The van der Waals surface area contributed by atoms with E-state index in [1.165, 1.54) is 31.2 Å². The second-order valence-electron chi connectivity index (χ2n) is 4.70. The van der Waals surface area contributed by atoms with Crippen molar-refractivity contribution in [3.63, 3.8) is 0 Å². The van der Waals surface area contributed by atoms with Crippen LogP contribution in [0.2, 0.25) is 0 Å². The van der Waals surface area contributed by atoms with Gasteiger partial charge in [0.2, 0.25) is 0 Å². The lowest BCUT2D eigenvalue weighted by Gasteiger charge is -2.25. The van der Waals surface area contributed by atoms with Crippen LogP contribution in [0.3, 0.4) is 0 Å². The Bertz CT molecular complexity index is 374. The fourth-order valence-electron chi connectivity index (χ4n) is 2.88. The van der Waals surface area contributed by atoms with Crippen molar-refractivity contribution in [1.82, 2.24) is 5.32 Å². The summed E-state index contributed by atoms with van der Waals surface area (Å²) in [6.07, 6.45) is 5.36. The Labute approximate surface area is 112 Å². The summed E-state index contributed by atoms with van der Waals surface area (Å²) < 4.78 is 6.60. The molecule has 0 aromatic heterocycles. The minimum atomic E-state index is 0.407. The van der Waals surface area contributed by atoms with Crippen molar-refractivity contribution in [3.8, 4) is 5.75 Å². The third-order valence-corrected chi connectivity index (χ3v) is 4.20. The standard InChI is InChI=1S/C14H20BrNO/c1-16-14(10-5-3-4-6-10)12-9-11(15)7-8-13(12)17-2/h7-10,14,16H,3-6H2,1-2H3. The van der Waals surface area contributed by atoms with E-state index in [0.717, 1.165) is 16.1 Å². The molecule has 0 heterocycles. The van der Waals surface area contributed by atoms with Crippen molar-refractivity contribution in [1.29, 1.82) is 0 Å². The summed E-state index contributed by atoms with van der Waals surface area (Å²) in [6, 6.07) is 6.66. The highest BCUT2D eigenvalue weighted by molar-refractivity contribution is 9.10. The van der Waals surface area contributed by atoms with Crippen LogP contribution in [0.25, 0.3) is 0 Å². The maximum absolute atomic E-state index is 5.48. The highest BCUT2D eigenvalue weighted by Gasteiger charge is 2.27. The van der Waals surface area contributed by atoms with Crippen molar-refractivity contribution < 1.29 is 4.74 Å². The largest absolute Gasteiger partial charge is 0.496 e. The van der Waals surface area contributed by atoms with Gasteiger partial charge in [0, 0.05) is 16.1 Å². The average Bonchev–Trinajstić information content (AvgIpc) is 2.84. The maximum atomic E-state index is 5.48. The van der Waals surface area contributed by atoms with Gasteiger partial charge in [-0.1, -0.05) is 28.8 Å². The molecule has 0 spiro atoms. The summed E-state index contributed by atoms with van der Waals surface area (Å²) in [6.45, 7) is 0. The van der Waals surface area contributed by atoms with Gasteiger partial charge in [-0.25, -0.2) is 0 Å². The lowest BCUT2D eigenvalue weighted by Crippen LogP contribution is -2.24. The van der Waals surface area contributed by atoms with Crippen LogP contribution < -0.4 is 10.1 Å². The fraction of sp³-hybridized carbons (Fsp3) is 0.571. The first-order valence-corrected chi connectivity index (χ1v) is 7.06. The second kappa shape index (κ2) is 5.87. The zero-order chi connectivity index (χ0) is 12.3. The molecule has 3 heteroatoms. The van der Waals surface area contributed by atoms with Crippen LogP contribution in [0.5, 0.6) is 5.75 Å². The molecule has 0 bridgehead atoms. The van der Waals surface area contributed by atoms with Crippen LogP contribution in [-0.2, 0) is 0 Å². The number of nitrogens with one attached hydrogen (secondary N) is 1. The molecular weight excluding hydrogens is 278 g/mol. The summed E-state index contributed by atoms with van der Waals surface area (Å²) in [5.41, 5.74) is 1.27. The zero-order valence-electron chi connectivity index (χ0n) is 10.5. The number of halogens is 1. The first-order valence-electron chi connectivity index (χ1n) is 6.27. The van der Waals surface area contributed by atoms with Gasteiger partial charge in [0.1, 0.15) is 5.75 Å². The summed E-state index contributed by atoms with van der Waals surface area (Å²) in [5, 5.41) is 3.46. The SMILES string of the molecule is CNC(c1cc(Br)ccc1OC)C1CCCC1. The average molecular weight is 298 g/mol. The predicted molar refractivity (Wildman–Crippen MR) is 74.5 cm³/mol. The topological polar surface area (TPSA) is 21.3 Å². The van der Waals surface area contributed by atoms with Crippen molar-refractivity contribution in [2.45, 2.75) is 31.7 Å². The van der Waals surface area contributed by atoms with Crippen LogP contribution in [0.15, 0.2) is 22.7 Å². The highest BCUT2D eigenvalue weighted by Crippen LogP contribution is 2.39. The molecule has 2 nitrogen and oxygen atoms in total. The van der Waals surface area contributed by atoms with Gasteiger partial charge >= 0.3 is 0 Å². The number of methoxy groups -OCH3 is 1. The minimum Gasteiger partial charge on any atom is -0.496 e. The molecular formula is C14H20BrNO. The number of hydrogen-bond donors (Lipinski definition) is 1. The van der Waals surface area contributed by atoms with Gasteiger partial charge in [0.05, 0.1) is 7.11 Å². The molecule has 94 valence electrons. The first kappa shape index (κ1) is 12.9. The Morgan fingerprint density at radius 3 is 2.65 bits per heavy atom. The number of benzene rings is 1. The molecule has 1 unspecified atom stereocenters.